The average Bonchev–Trinajstić information content (AvgIpc) is 2.74. The normalized spacial score (nSPS) is 11.1. The SMILES string of the molecule is CN(Cc1ccnc(CN)c1)Cc1cnn(C)c1. The summed E-state index contributed by atoms with van der Waals surface area (Å²) in [4.78, 5) is 6.44. The predicted molar refractivity (Wildman–Crippen MR) is 70.5 cm³/mol. The summed E-state index contributed by atoms with van der Waals surface area (Å²) in [7, 11) is 4.02. The third-order valence-electron chi connectivity index (χ3n) is 2.75. The number of nitrogens with zero attached hydrogens (tertiary/aromatic N) is 4. The Bertz CT molecular complexity index is 506. The lowest BCUT2D eigenvalue weighted by molar-refractivity contribution is 0.319. The van der Waals surface area contributed by atoms with E-state index < -0.39 is 0 Å². The fourth-order valence-electron chi connectivity index (χ4n) is 1.97. The molecule has 0 bridgehead atoms. The molecule has 0 fully saturated rings. The standard InChI is InChI=1S/C13H19N5/c1-17(9-12-7-16-18(2)10-12)8-11-3-4-15-13(5-11)6-14/h3-5,7,10H,6,8-9,14H2,1-2H3. The van der Waals surface area contributed by atoms with E-state index in [1.54, 1.807) is 0 Å². The lowest BCUT2D eigenvalue weighted by atomic mass is 10.2. The van der Waals surface area contributed by atoms with E-state index in [1.807, 2.05) is 36.4 Å². The van der Waals surface area contributed by atoms with E-state index in [0.29, 0.717) is 6.54 Å². The summed E-state index contributed by atoms with van der Waals surface area (Å²) in [6, 6.07) is 4.08. The number of aryl methyl sites for hydroxylation is 1. The number of hydrogen-bond donors (Lipinski definition) is 1. The summed E-state index contributed by atoms with van der Waals surface area (Å²) in [5, 5.41) is 4.17. The highest BCUT2D eigenvalue weighted by Crippen LogP contribution is 2.08. The van der Waals surface area contributed by atoms with Crippen molar-refractivity contribution in [2.24, 2.45) is 12.8 Å². The van der Waals surface area contributed by atoms with E-state index in [4.69, 9.17) is 5.73 Å². The fraction of sp³-hybridized carbons (Fsp3) is 0.385. The van der Waals surface area contributed by atoms with Gasteiger partial charge in [0.1, 0.15) is 0 Å². The van der Waals surface area contributed by atoms with Gasteiger partial charge in [0.15, 0.2) is 0 Å². The monoisotopic (exact) mass is 245 g/mol. The Morgan fingerprint density at radius 2 is 2.11 bits per heavy atom. The first-order valence-corrected chi connectivity index (χ1v) is 5.97. The molecular weight excluding hydrogens is 226 g/mol. The molecule has 0 aromatic carbocycles. The minimum absolute atomic E-state index is 0.486. The Balaban J connectivity index is 1.96. The van der Waals surface area contributed by atoms with E-state index in [2.05, 4.69) is 28.1 Å². The molecule has 0 atom stereocenters. The number of pyridine rings is 1. The quantitative estimate of drug-likeness (QED) is 0.850. The maximum absolute atomic E-state index is 5.59. The number of rotatable bonds is 5. The summed E-state index contributed by atoms with van der Waals surface area (Å²) in [5.74, 6) is 0. The van der Waals surface area contributed by atoms with Crippen LogP contribution in [0.25, 0.3) is 0 Å². The highest BCUT2D eigenvalue weighted by atomic mass is 15.2. The largest absolute Gasteiger partial charge is 0.325 e. The van der Waals surface area contributed by atoms with Crippen LogP contribution >= 0.6 is 0 Å². The first-order valence-electron chi connectivity index (χ1n) is 5.97. The number of aromatic nitrogens is 3. The Morgan fingerprint density at radius 3 is 2.78 bits per heavy atom. The minimum Gasteiger partial charge on any atom is -0.325 e. The van der Waals surface area contributed by atoms with Crippen LogP contribution in [0.2, 0.25) is 0 Å². The Kier molecular flexibility index (Phi) is 4.07. The van der Waals surface area contributed by atoms with Crippen LogP contribution in [0.5, 0.6) is 0 Å². The summed E-state index contributed by atoms with van der Waals surface area (Å²) >= 11 is 0. The zero-order chi connectivity index (χ0) is 13.0. The second-order valence-corrected chi connectivity index (χ2v) is 4.55. The van der Waals surface area contributed by atoms with Gasteiger partial charge in [-0.25, -0.2) is 0 Å². The second kappa shape index (κ2) is 5.75. The summed E-state index contributed by atoms with van der Waals surface area (Å²) in [5.41, 5.74) is 8.97. The summed E-state index contributed by atoms with van der Waals surface area (Å²) in [6.45, 7) is 2.25. The second-order valence-electron chi connectivity index (χ2n) is 4.55. The van der Waals surface area contributed by atoms with E-state index in [-0.39, 0.29) is 0 Å². The van der Waals surface area contributed by atoms with Crippen molar-refractivity contribution in [3.63, 3.8) is 0 Å². The van der Waals surface area contributed by atoms with Crippen molar-refractivity contribution in [2.45, 2.75) is 19.6 Å². The van der Waals surface area contributed by atoms with Crippen molar-refractivity contribution in [3.05, 3.63) is 47.5 Å². The van der Waals surface area contributed by atoms with Crippen LogP contribution in [0.4, 0.5) is 0 Å². The van der Waals surface area contributed by atoms with Gasteiger partial charge in [-0.05, 0) is 24.7 Å². The van der Waals surface area contributed by atoms with Crippen LogP contribution in [0, 0.1) is 0 Å². The van der Waals surface area contributed by atoms with Gasteiger partial charge in [0.2, 0.25) is 0 Å². The molecule has 2 rings (SSSR count). The zero-order valence-corrected chi connectivity index (χ0v) is 10.9. The molecule has 0 aliphatic carbocycles. The molecule has 0 aliphatic rings. The maximum Gasteiger partial charge on any atom is 0.0542 e. The molecule has 96 valence electrons. The van der Waals surface area contributed by atoms with E-state index >= 15 is 0 Å². The first-order chi connectivity index (χ1) is 8.67. The molecule has 2 N–H and O–H groups in total. The smallest absolute Gasteiger partial charge is 0.0542 e. The van der Waals surface area contributed by atoms with Crippen LogP contribution < -0.4 is 5.73 Å². The average molecular weight is 245 g/mol. The number of hydrogen-bond acceptors (Lipinski definition) is 4. The van der Waals surface area contributed by atoms with Gasteiger partial charge in [-0.2, -0.15) is 5.10 Å². The van der Waals surface area contributed by atoms with Gasteiger partial charge in [0.05, 0.1) is 11.9 Å². The van der Waals surface area contributed by atoms with Crippen molar-refractivity contribution in [1.82, 2.24) is 19.7 Å². The van der Waals surface area contributed by atoms with E-state index in [9.17, 15) is 0 Å². The first kappa shape index (κ1) is 12.7. The van der Waals surface area contributed by atoms with Crippen molar-refractivity contribution in [3.8, 4) is 0 Å². The van der Waals surface area contributed by atoms with Crippen LogP contribution in [-0.2, 0) is 26.7 Å². The van der Waals surface area contributed by atoms with Crippen molar-refractivity contribution < 1.29 is 0 Å². The summed E-state index contributed by atoms with van der Waals surface area (Å²) in [6.07, 6.45) is 5.75. The maximum atomic E-state index is 5.59. The van der Waals surface area contributed by atoms with Gasteiger partial charge in [-0.1, -0.05) is 0 Å². The molecule has 0 unspecified atom stereocenters. The van der Waals surface area contributed by atoms with Crippen molar-refractivity contribution in [2.75, 3.05) is 7.05 Å². The molecule has 5 nitrogen and oxygen atoms in total. The van der Waals surface area contributed by atoms with Crippen molar-refractivity contribution in [1.29, 1.82) is 0 Å². The van der Waals surface area contributed by atoms with Crippen molar-refractivity contribution >= 4 is 0 Å². The molecule has 2 heterocycles. The number of nitrogens with two attached hydrogens (primary N) is 1. The van der Waals surface area contributed by atoms with Gasteiger partial charge in [-0.3, -0.25) is 14.6 Å². The third kappa shape index (κ3) is 3.38. The zero-order valence-electron chi connectivity index (χ0n) is 10.9. The van der Waals surface area contributed by atoms with Gasteiger partial charge in [0.25, 0.3) is 0 Å². The third-order valence-corrected chi connectivity index (χ3v) is 2.75. The molecule has 0 amide bonds. The van der Waals surface area contributed by atoms with E-state index in [0.717, 1.165) is 18.8 Å². The van der Waals surface area contributed by atoms with E-state index in [1.165, 1.54) is 11.1 Å². The van der Waals surface area contributed by atoms with Gasteiger partial charge >= 0.3 is 0 Å². The van der Waals surface area contributed by atoms with Crippen LogP contribution in [0.3, 0.4) is 0 Å². The van der Waals surface area contributed by atoms with Gasteiger partial charge < -0.3 is 5.73 Å². The van der Waals surface area contributed by atoms with Crippen LogP contribution in [0.1, 0.15) is 16.8 Å². The van der Waals surface area contributed by atoms with Gasteiger partial charge in [-0.15, -0.1) is 0 Å². The Morgan fingerprint density at radius 1 is 1.33 bits per heavy atom. The topological polar surface area (TPSA) is 60.0 Å². The van der Waals surface area contributed by atoms with Crippen LogP contribution in [0.15, 0.2) is 30.7 Å². The lowest BCUT2D eigenvalue weighted by Crippen LogP contribution is -2.17. The molecule has 5 heteroatoms. The molecule has 0 radical (unpaired) electrons. The predicted octanol–water partition coefficient (Wildman–Crippen LogP) is 0.906. The molecule has 2 aromatic rings. The molecule has 0 saturated carbocycles. The molecular formula is C13H19N5. The minimum atomic E-state index is 0.486. The molecule has 0 spiro atoms. The lowest BCUT2D eigenvalue weighted by Gasteiger charge is -2.15. The highest BCUT2D eigenvalue weighted by molar-refractivity contribution is 5.16. The Labute approximate surface area is 107 Å². The molecule has 0 saturated heterocycles. The molecule has 2 aromatic heterocycles. The summed E-state index contributed by atoms with van der Waals surface area (Å²) < 4.78 is 1.82. The highest BCUT2D eigenvalue weighted by Gasteiger charge is 2.04. The molecule has 0 aliphatic heterocycles. The Hall–Kier alpha value is -1.72. The fourth-order valence-corrected chi connectivity index (χ4v) is 1.97. The molecule has 18 heavy (non-hydrogen) atoms. The van der Waals surface area contributed by atoms with Crippen LogP contribution in [-0.4, -0.2) is 26.7 Å². The van der Waals surface area contributed by atoms with Gasteiger partial charge in [0, 0.05) is 44.6 Å².